The van der Waals surface area contributed by atoms with E-state index in [2.05, 4.69) is 24.1 Å². The second-order valence-electron chi connectivity index (χ2n) is 7.06. The molecule has 1 N–H and O–H groups in total. The largest absolute Gasteiger partial charge is 0.342 e. The summed E-state index contributed by atoms with van der Waals surface area (Å²) >= 11 is 0. The fourth-order valence-corrected chi connectivity index (χ4v) is 3.19. The van der Waals surface area contributed by atoms with Crippen molar-refractivity contribution in [3.8, 4) is 0 Å². The summed E-state index contributed by atoms with van der Waals surface area (Å²) < 4.78 is 0. The van der Waals surface area contributed by atoms with E-state index >= 15 is 0 Å². The molecule has 1 saturated heterocycles. The zero-order valence-corrected chi connectivity index (χ0v) is 16.1. The average molecular weight is 380 g/mol. The molecular formula is C21H24N4O3. The third-order valence-corrected chi connectivity index (χ3v) is 4.82. The molecule has 3 amide bonds. The number of amides is 3. The Morgan fingerprint density at radius 3 is 2.50 bits per heavy atom. The Labute approximate surface area is 164 Å². The summed E-state index contributed by atoms with van der Waals surface area (Å²) in [5, 5.41) is 2.93. The maximum absolute atomic E-state index is 12.7. The van der Waals surface area contributed by atoms with Gasteiger partial charge >= 0.3 is 0 Å². The van der Waals surface area contributed by atoms with Crippen LogP contribution in [-0.4, -0.2) is 59.2 Å². The van der Waals surface area contributed by atoms with Gasteiger partial charge in [-0.2, -0.15) is 0 Å². The monoisotopic (exact) mass is 380 g/mol. The van der Waals surface area contributed by atoms with E-state index < -0.39 is 0 Å². The van der Waals surface area contributed by atoms with Gasteiger partial charge in [-0.3, -0.25) is 19.4 Å². The minimum absolute atomic E-state index is 0.226. The Kier molecular flexibility index (Phi) is 6.03. The zero-order chi connectivity index (χ0) is 20.1. The predicted molar refractivity (Wildman–Crippen MR) is 106 cm³/mol. The van der Waals surface area contributed by atoms with Crippen molar-refractivity contribution in [3.05, 3.63) is 59.4 Å². The molecule has 0 saturated carbocycles. The SMILES string of the molecule is CC(C)c1ccccc1NC(=O)c1ccnc(C(=O)N2CCN(C=O)CC2)c1. The number of hydrogen-bond donors (Lipinski definition) is 1. The first kappa shape index (κ1) is 19.5. The van der Waals surface area contributed by atoms with Gasteiger partial charge in [0.1, 0.15) is 5.69 Å². The summed E-state index contributed by atoms with van der Waals surface area (Å²) in [5.41, 5.74) is 2.42. The highest BCUT2D eigenvalue weighted by Gasteiger charge is 2.23. The van der Waals surface area contributed by atoms with E-state index in [4.69, 9.17) is 0 Å². The van der Waals surface area contributed by atoms with Crippen molar-refractivity contribution in [3.63, 3.8) is 0 Å². The lowest BCUT2D eigenvalue weighted by Gasteiger charge is -2.32. The molecule has 3 rings (SSSR count). The number of piperazine rings is 1. The first-order valence-corrected chi connectivity index (χ1v) is 9.34. The van der Waals surface area contributed by atoms with Crippen molar-refractivity contribution in [1.29, 1.82) is 0 Å². The molecule has 0 unspecified atom stereocenters. The van der Waals surface area contributed by atoms with E-state index in [1.807, 2.05) is 24.3 Å². The number of aromatic nitrogens is 1. The minimum Gasteiger partial charge on any atom is -0.342 e. The standard InChI is InChI=1S/C21H24N4O3/c1-15(2)17-5-3-4-6-18(17)23-20(27)16-7-8-22-19(13-16)21(28)25-11-9-24(14-26)10-12-25/h3-8,13-15H,9-12H2,1-2H3,(H,23,27). The van der Waals surface area contributed by atoms with Crippen LogP contribution in [0.4, 0.5) is 5.69 Å². The van der Waals surface area contributed by atoms with Crippen LogP contribution in [0, 0.1) is 0 Å². The summed E-state index contributed by atoms with van der Waals surface area (Å²) in [4.78, 5) is 43.6. The predicted octanol–water partition coefficient (Wildman–Crippen LogP) is 2.37. The molecule has 1 aliphatic heterocycles. The smallest absolute Gasteiger partial charge is 0.272 e. The highest BCUT2D eigenvalue weighted by Crippen LogP contribution is 2.24. The molecule has 1 aromatic heterocycles. The Morgan fingerprint density at radius 2 is 1.82 bits per heavy atom. The lowest BCUT2D eigenvalue weighted by molar-refractivity contribution is -0.119. The van der Waals surface area contributed by atoms with Crippen molar-refractivity contribution >= 4 is 23.9 Å². The van der Waals surface area contributed by atoms with Gasteiger partial charge in [-0.1, -0.05) is 32.0 Å². The number of benzene rings is 1. The molecule has 146 valence electrons. The molecule has 0 radical (unpaired) electrons. The number of carbonyl (C=O) groups is 3. The van der Waals surface area contributed by atoms with Crippen LogP contribution in [-0.2, 0) is 4.79 Å². The van der Waals surface area contributed by atoms with Crippen molar-refractivity contribution in [1.82, 2.24) is 14.8 Å². The molecule has 1 fully saturated rings. The van der Waals surface area contributed by atoms with E-state index in [1.165, 1.54) is 12.3 Å². The van der Waals surface area contributed by atoms with Gasteiger partial charge in [0.25, 0.3) is 11.8 Å². The van der Waals surface area contributed by atoms with Crippen molar-refractivity contribution in [2.24, 2.45) is 0 Å². The molecule has 0 aliphatic carbocycles. The summed E-state index contributed by atoms with van der Waals surface area (Å²) in [6.45, 7) is 6.05. The average Bonchev–Trinajstić information content (AvgIpc) is 2.73. The van der Waals surface area contributed by atoms with Crippen LogP contribution in [0.2, 0.25) is 0 Å². The van der Waals surface area contributed by atoms with Gasteiger partial charge in [0.2, 0.25) is 6.41 Å². The van der Waals surface area contributed by atoms with E-state index in [1.54, 1.807) is 15.9 Å². The molecule has 0 bridgehead atoms. The Balaban J connectivity index is 1.73. The van der Waals surface area contributed by atoms with Crippen molar-refractivity contribution in [2.45, 2.75) is 19.8 Å². The molecule has 0 atom stereocenters. The van der Waals surface area contributed by atoms with Gasteiger partial charge in [-0.15, -0.1) is 0 Å². The molecule has 0 spiro atoms. The van der Waals surface area contributed by atoms with Gasteiger partial charge in [0.15, 0.2) is 0 Å². The number of rotatable bonds is 5. The molecule has 1 aromatic carbocycles. The van der Waals surface area contributed by atoms with Crippen LogP contribution in [0.1, 0.15) is 46.2 Å². The second-order valence-corrected chi connectivity index (χ2v) is 7.06. The lowest BCUT2D eigenvalue weighted by Crippen LogP contribution is -2.48. The first-order valence-electron chi connectivity index (χ1n) is 9.34. The van der Waals surface area contributed by atoms with E-state index in [0.29, 0.717) is 31.7 Å². The van der Waals surface area contributed by atoms with Crippen molar-refractivity contribution in [2.75, 3.05) is 31.5 Å². The summed E-state index contributed by atoms with van der Waals surface area (Å²) in [6, 6.07) is 10.8. The number of nitrogens with zero attached hydrogens (tertiary/aromatic N) is 3. The van der Waals surface area contributed by atoms with Crippen LogP contribution in [0.5, 0.6) is 0 Å². The van der Waals surface area contributed by atoms with Crippen LogP contribution >= 0.6 is 0 Å². The summed E-state index contributed by atoms with van der Waals surface area (Å²) in [6.07, 6.45) is 2.26. The number of para-hydroxylation sites is 1. The molecular weight excluding hydrogens is 356 g/mol. The third-order valence-electron chi connectivity index (χ3n) is 4.82. The fourth-order valence-electron chi connectivity index (χ4n) is 3.19. The normalized spacial score (nSPS) is 14.1. The van der Waals surface area contributed by atoms with Crippen LogP contribution in [0.15, 0.2) is 42.6 Å². The minimum atomic E-state index is -0.282. The van der Waals surface area contributed by atoms with E-state index in [9.17, 15) is 14.4 Å². The number of pyridine rings is 1. The van der Waals surface area contributed by atoms with E-state index in [0.717, 1.165) is 17.7 Å². The molecule has 2 aromatic rings. The van der Waals surface area contributed by atoms with Crippen LogP contribution in [0.3, 0.4) is 0 Å². The topological polar surface area (TPSA) is 82.6 Å². The number of carbonyl (C=O) groups excluding carboxylic acids is 3. The van der Waals surface area contributed by atoms with Crippen LogP contribution in [0.25, 0.3) is 0 Å². The maximum Gasteiger partial charge on any atom is 0.272 e. The molecule has 7 heteroatoms. The molecule has 2 heterocycles. The summed E-state index contributed by atoms with van der Waals surface area (Å²) in [7, 11) is 0. The van der Waals surface area contributed by atoms with Crippen molar-refractivity contribution < 1.29 is 14.4 Å². The van der Waals surface area contributed by atoms with Gasteiger partial charge in [0, 0.05) is 43.6 Å². The quantitative estimate of drug-likeness (QED) is 0.808. The van der Waals surface area contributed by atoms with Gasteiger partial charge in [-0.05, 0) is 29.7 Å². The lowest BCUT2D eigenvalue weighted by atomic mass is 10.0. The Hall–Kier alpha value is -3.22. The second kappa shape index (κ2) is 8.65. The van der Waals surface area contributed by atoms with Gasteiger partial charge in [-0.25, -0.2) is 0 Å². The summed E-state index contributed by atoms with van der Waals surface area (Å²) in [5.74, 6) is -0.241. The fraction of sp³-hybridized carbons (Fsp3) is 0.333. The zero-order valence-electron chi connectivity index (χ0n) is 16.1. The van der Waals surface area contributed by atoms with E-state index in [-0.39, 0.29) is 23.4 Å². The Morgan fingerprint density at radius 1 is 1.11 bits per heavy atom. The van der Waals surface area contributed by atoms with Crippen LogP contribution < -0.4 is 5.32 Å². The molecule has 1 aliphatic rings. The number of anilines is 1. The maximum atomic E-state index is 12.7. The number of hydrogen-bond acceptors (Lipinski definition) is 4. The Bertz CT molecular complexity index is 873. The highest BCUT2D eigenvalue weighted by atomic mass is 16.2. The highest BCUT2D eigenvalue weighted by molar-refractivity contribution is 6.06. The molecule has 7 nitrogen and oxygen atoms in total. The first-order chi connectivity index (χ1) is 13.5. The van der Waals surface area contributed by atoms with Gasteiger partial charge in [0.05, 0.1) is 0 Å². The number of nitrogens with one attached hydrogen (secondary N) is 1. The molecule has 28 heavy (non-hydrogen) atoms. The van der Waals surface area contributed by atoms with Gasteiger partial charge < -0.3 is 15.1 Å². The third kappa shape index (κ3) is 4.36.